The van der Waals surface area contributed by atoms with Crippen LogP contribution >= 0.6 is 0 Å². The van der Waals surface area contributed by atoms with Gasteiger partial charge in [0, 0.05) is 11.4 Å². The number of phenolic OH excluding ortho intramolecular Hbond substituents is 1. The van der Waals surface area contributed by atoms with E-state index in [9.17, 15) is 5.11 Å². The van der Waals surface area contributed by atoms with Crippen LogP contribution < -0.4 is 16.8 Å². The third-order valence-corrected chi connectivity index (χ3v) is 2.57. The average molecular weight is 229 g/mol. The molecule has 0 bridgehead atoms. The number of nitrogens with one attached hydrogen (secondary N) is 1. The molecule has 2 rings (SSSR count). The maximum absolute atomic E-state index is 9.18. The van der Waals surface area contributed by atoms with Crippen molar-refractivity contribution in [3.63, 3.8) is 0 Å². The number of rotatable bonds is 2. The maximum atomic E-state index is 9.18. The van der Waals surface area contributed by atoms with E-state index in [1.54, 1.807) is 30.3 Å². The van der Waals surface area contributed by atoms with Gasteiger partial charge in [-0.05, 0) is 48.9 Å². The molecule has 2 aromatic rings. The van der Waals surface area contributed by atoms with Crippen LogP contribution in [-0.2, 0) is 0 Å². The lowest BCUT2D eigenvalue weighted by molar-refractivity contribution is 0.475. The van der Waals surface area contributed by atoms with E-state index in [0.29, 0.717) is 11.4 Å². The van der Waals surface area contributed by atoms with Crippen LogP contribution in [0, 0.1) is 6.92 Å². The van der Waals surface area contributed by atoms with Crippen molar-refractivity contribution in [2.75, 3.05) is 16.8 Å². The highest BCUT2D eigenvalue weighted by Gasteiger charge is 2.02. The summed E-state index contributed by atoms with van der Waals surface area (Å²) in [6.07, 6.45) is 0. The number of hydrogen-bond acceptors (Lipinski definition) is 4. The molecule has 0 saturated heterocycles. The fraction of sp³-hybridized carbons (Fsp3) is 0.0769. The summed E-state index contributed by atoms with van der Waals surface area (Å²) in [5.41, 5.74) is 15.4. The quantitative estimate of drug-likeness (QED) is 0.471. The van der Waals surface area contributed by atoms with E-state index in [1.165, 1.54) is 0 Å². The minimum Gasteiger partial charge on any atom is -0.508 e. The molecular weight excluding hydrogens is 214 g/mol. The molecule has 0 amide bonds. The molecule has 0 aliphatic rings. The Hall–Kier alpha value is -2.36. The standard InChI is InChI=1S/C13H15N3O/c1-8-6-10(7-12(14)13(8)15)16-9-2-4-11(17)5-3-9/h2-7,16-17H,14-15H2,1H3. The van der Waals surface area contributed by atoms with Gasteiger partial charge < -0.3 is 21.9 Å². The number of hydrogen-bond donors (Lipinski definition) is 4. The van der Waals surface area contributed by atoms with E-state index in [1.807, 2.05) is 13.0 Å². The van der Waals surface area contributed by atoms with Gasteiger partial charge in [0.15, 0.2) is 0 Å². The third kappa shape index (κ3) is 2.42. The van der Waals surface area contributed by atoms with E-state index < -0.39 is 0 Å². The zero-order valence-corrected chi connectivity index (χ0v) is 9.57. The zero-order valence-electron chi connectivity index (χ0n) is 9.57. The van der Waals surface area contributed by atoms with Gasteiger partial charge in [0.25, 0.3) is 0 Å². The van der Waals surface area contributed by atoms with Crippen LogP contribution in [0.2, 0.25) is 0 Å². The Morgan fingerprint density at radius 1 is 1.00 bits per heavy atom. The van der Waals surface area contributed by atoms with Gasteiger partial charge in [-0.2, -0.15) is 0 Å². The number of benzene rings is 2. The molecule has 0 fully saturated rings. The number of aryl methyl sites for hydroxylation is 1. The summed E-state index contributed by atoms with van der Waals surface area (Å²) in [6.45, 7) is 1.91. The lowest BCUT2D eigenvalue weighted by Gasteiger charge is -2.11. The second-order valence-electron chi connectivity index (χ2n) is 3.97. The first-order chi connectivity index (χ1) is 8.06. The van der Waals surface area contributed by atoms with Crippen LogP contribution in [0.3, 0.4) is 0 Å². The number of nitrogens with two attached hydrogens (primary N) is 2. The molecule has 4 heteroatoms. The van der Waals surface area contributed by atoms with E-state index in [2.05, 4.69) is 5.32 Å². The topological polar surface area (TPSA) is 84.3 Å². The summed E-state index contributed by atoms with van der Waals surface area (Å²) in [5, 5.41) is 12.4. The first-order valence-corrected chi connectivity index (χ1v) is 5.28. The van der Waals surface area contributed by atoms with Crippen molar-refractivity contribution in [1.29, 1.82) is 0 Å². The second kappa shape index (κ2) is 4.25. The average Bonchev–Trinajstić information content (AvgIpc) is 2.29. The Labute approximate surface area is 99.9 Å². The molecular formula is C13H15N3O. The summed E-state index contributed by atoms with van der Waals surface area (Å²) in [5.74, 6) is 0.239. The number of nitrogen functional groups attached to an aromatic ring is 2. The van der Waals surface area contributed by atoms with Crippen molar-refractivity contribution >= 4 is 22.7 Å². The number of aromatic hydroxyl groups is 1. The van der Waals surface area contributed by atoms with Crippen molar-refractivity contribution in [2.24, 2.45) is 0 Å². The molecule has 0 spiro atoms. The van der Waals surface area contributed by atoms with Crippen LogP contribution in [0.1, 0.15) is 5.56 Å². The molecule has 0 aliphatic heterocycles. The molecule has 0 aromatic heterocycles. The number of phenols is 1. The Morgan fingerprint density at radius 3 is 2.24 bits per heavy atom. The van der Waals surface area contributed by atoms with Gasteiger partial charge >= 0.3 is 0 Å². The third-order valence-electron chi connectivity index (χ3n) is 2.57. The largest absolute Gasteiger partial charge is 0.508 e. The predicted molar refractivity (Wildman–Crippen MR) is 71.4 cm³/mol. The van der Waals surface area contributed by atoms with Crippen LogP contribution in [-0.4, -0.2) is 5.11 Å². The van der Waals surface area contributed by atoms with Gasteiger partial charge in [0.05, 0.1) is 11.4 Å². The highest BCUT2D eigenvalue weighted by Crippen LogP contribution is 2.27. The van der Waals surface area contributed by atoms with Crippen molar-refractivity contribution in [3.05, 3.63) is 42.0 Å². The highest BCUT2D eigenvalue weighted by atomic mass is 16.3. The van der Waals surface area contributed by atoms with Gasteiger partial charge in [0.1, 0.15) is 5.75 Å². The monoisotopic (exact) mass is 229 g/mol. The molecule has 2 aromatic carbocycles. The minimum absolute atomic E-state index is 0.239. The Morgan fingerprint density at radius 2 is 1.65 bits per heavy atom. The van der Waals surface area contributed by atoms with Crippen LogP contribution in [0.15, 0.2) is 36.4 Å². The molecule has 88 valence electrons. The fourth-order valence-corrected chi connectivity index (χ4v) is 1.61. The molecule has 0 atom stereocenters. The van der Waals surface area contributed by atoms with Gasteiger partial charge in [-0.25, -0.2) is 0 Å². The fourth-order valence-electron chi connectivity index (χ4n) is 1.61. The van der Waals surface area contributed by atoms with E-state index in [-0.39, 0.29) is 5.75 Å². The van der Waals surface area contributed by atoms with E-state index in [4.69, 9.17) is 11.5 Å². The van der Waals surface area contributed by atoms with Crippen LogP contribution in [0.5, 0.6) is 5.75 Å². The van der Waals surface area contributed by atoms with Gasteiger partial charge in [-0.1, -0.05) is 0 Å². The van der Waals surface area contributed by atoms with Crippen LogP contribution in [0.4, 0.5) is 22.7 Å². The summed E-state index contributed by atoms with van der Waals surface area (Å²) in [6, 6.07) is 10.5. The summed E-state index contributed by atoms with van der Waals surface area (Å²) in [7, 11) is 0. The Balaban J connectivity index is 2.27. The van der Waals surface area contributed by atoms with Crippen LogP contribution in [0.25, 0.3) is 0 Å². The molecule has 0 heterocycles. The smallest absolute Gasteiger partial charge is 0.115 e. The van der Waals surface area contributed by atoms with Gasteiger partial charge in [-0.15, -0.1) is 0 Å². The highest BCUT2D eigenvalue weighted by molar-refractivity contribution is 5.75. The lowest BCUT2D eigenvalue weighted by atomic mass is 10.1. The summed E-state index contributed by atoms with van der Waals surface area (Å²) < 4.78 is 0. The van der Waals surface area contributed by atoms with Gasteiger partial charge in [0.2, 0.25) is 0 Å². The molecule has 0 aliphatic carbocycles. The summed E-state index contributed by atoms with van der Waals surface area (Å²) in [4.78, 5) is 0. The zero-order chi connectivity index (χ0) is 12.4. The maximum Gasteiger partial charge on any atom is 0.115 e. The molecule has 6 N–H and O–H groups in total. The van der Waals surface area contributed by atoms with Crippen molar-refractivity contribution in [1.82, 2.24) is 0 Å². The summed E-state index contributed by atoms with van der Waals surface area (Å²) >= 11 is 0. The van der Waals surface area contributed by atoms with E-state index >= 15 is 0 Å². The van der Waals surface area contributed by atoms with Gasteiger partial charge in [-0.3, -0.25) is 0 Å². The minimum atomic E-state index is 0.239. The molecule has 0 radical (unpaired) electrons. The molecule has 17 heavy (non-hydrogen) atoms. The normalized spacial score (nSPS) is 10.2. The van der Waals surface area contributed by atoms with Crippen molar-refractivity contribution in [3.8, 4) is 5.75 Å². The van der Waals surface area contributed by atoms with Crippen molar-refractivity contribution < 1.29 is 5.11 Å². The Kier molecular flexibility index (Phi) is 2.78. The molecule has 0 saturated carbocycles. The molecule has 4 nitrogen and oxygen atoms in total. The Bertz CT molecular complexity index is 512. The lowest BCUT2D eigenvalue weighted by Crippen LogP contribution is -1.99. The first-order valence-electron chi connectivity index (χ1n) is 5.28. The molecule has 0 unspecified atom stereocenters. The number of anilines is 4. The SMILES string of the molecule is Cc1cc(Nc2ccc(O)cc2)cc(N)c1N. The second-order valence-corrected chi connectivity index (χ2v) is 3.97. The van der Waals surface area contributed by atoms with E-state index in [0.717, 1.165) is 16.9 Å². The predicted octanol–water partition coefficient (Wildman–Crippen LogP) is 2.61. The first kappa shape index (κ1) is 11.1. The van der Waals surface area contributed by atoms with Crippen molar-refractivity contribution in [2.45, 2.75) is 6.92 Å².